The van der Waals surface area contributed by atoms with Crippen molar-refractivity contribution in [2.24, 2.45) is 7.05 Å². The van der Waals surface area contributed by atoms with Crippen LogP contribution in [0, 0.1) is 12.7 Å². The van der Waals surface area contributed by atoms with E-state index in [-0.39, 0.29) is 5.82 Å². The molecule has 2 aromatic rings. The number of imidazole rings is 1. The molecule has 5 heteroatoms. The third-order valence-corrected chi connectivity index (χ3v) is 3.15. The normalized spacial score (nSPS) is 10.8. The molecule has 1 aromatic carbocycles. The molecule has 0 aliphatic heterocycles. The van der Waals surface area contributed by atoms with E-state index in [4.69, 9.17) is 4.74 Å². The molecule has 0 radical (unpaired) electrons. The van der Waals surface area contributed by atoms with Gasteiger partial charge in [0, 0.05) is 19.2 Å². The number of nitrogens with one attached hydrogen (secondary N) is 1. The van der Waals surface area contributed by atoms with Crippen LogP contribution >= 0.6 is 0 Å². The number of aryl methyl sites for hydroxylation is 1. The lowest BCUT2D eigenvalue weighted by Gasteiger charge is -2.11. The summed E-state index contributed by atoms with van der Waals surface area (Å²) in [5, 5.41) is 3.08. The molecule has 0 spiro atoms. The second-order valence-electron chi connectivity index (χ2n) is 4.39. The summed E-state index contributed by atoms with van der Waals surface area (Å²) in [5.41, 5.74) is 2.48. The number of aromatic nitrogens is 2. The quantitative estimate of drug-likeness (QED) is 0.919. The molecule has 1 N–H and O–H groups in total. The zero-order chi connectivity index (χ0) is 14.0. The van der Waals surface area contributed by atoms with Gasteiger partial charge in [0.05, 0.1) is 18.5 Å². The summed E-state index contributed by atoms with van der Waals surface area (Å²) in [5.74, 6) is 1.23. The molecular weight excluding hydrogens is 245 g/mol. The van der Waals surface area contributed by atoms with Gasteiger partial charge in [0.25, 0.3) is 0 Å². The van der Waals surface area contributed by atoms with Crippen molar-refractivity contribution >= 4 is 0 Å². The molecule has 1 aromatic heterocycles. The minimum atomic E-state index is -0.287. The van der Waals surface area contributed by atoms with E-state index >= 15 is 0 Å². The molecule has 19 heavy (non-hydrogen) atoms. The largest absolute Gasteiger partial charge is 0.496 e. The average Bonchev–Trinajstić information content (AvgIpc) is 2.65. The number of methoxy groups -OCH3 is 1. The van der Waals surface area contributed by atoms with Gasteiger partial charge >= 0.3 is 0 Å². The fraction of sp³-hybridized carbons (Fsp3) is 0.357. The molecule has 0 amide bonds. The Hall–Kier alpha value is -1.88. The number of nitrogens with zero attached hydrogens (tertiary/aromatic N) is 2. The first-order valence-electron chi connectivity index (χ1n) is 6.09. The van der Waals surface area contributed by atoms with Crippen molar-refractivity contribution in [2.45, 2.75) is 13.5 Å². The van der Waals surface area contributed by atoms with Crippen LogP contribution in [-0.2, 0) is 13.6 Å². The highest BCUT2D eigenvalue weighted by molar-refractivity contribution is 5.70. The molecule has 4 nitrogen and oxygen atoms in total. The SMILES string of the molecule is CNCc1nc(C)n(C)c1-c1cc(F)ccc1OC. The first-order valence-corrected chi connectivity index (χ1v) is 6.09. The van der Waals surface area contributed by atoms with E-state index in [1.807, 2.05) is 25.6 Å². The van der Waals surface area contributed by atoms with Crippen molar-refractivity contribution in [1.82, 2.24) is 14.9 Å². The topological polar surface area (TPSA) is 39.1 Å². The molecule has 0 bridgehead atoms. The summed E-state index contributed by atoms with van der Waals surface area (Å²) < 4.78 is 20.8. The Morgan fingerprint density at radius 1 is 1.42 bits per heavy atom. The summed E-state index contributed by atoms with van der Waals surface area (Å²) in [7, 11) is 5.36. The van der Waals surface area contributed by atoms with Gasteiger partial charge in [-0.15, -0.1) is 0 Å². The van der Waals surface area contributed by atoms with Crippen molar-refractivity contribution in [2.75, 3.05) is 14.2 Å². The highest BCUT2D eigenvalue weighted by Crippen LogP contribution is 2.33. The van der Waals surface area contributed by atoms with E-state index in [0.717, 1.165) is 22.8 Å². The van der Waals surface area contributed by atoms with E-state index in [9.17, 15) is 4.39 Å². The number of rotatable bonds is 4. The smallest absolute Gasteiger partial charge is 0.128 e. The second-order valence-corrected chi connectivity index (χ2v) is 4.39. The van der Waals surface area contributed by atoms with E-state index in [1.54, 1.807) is 13.2 Å². The summed E-state index contributed by atoms with van der Waals surface area (Å²) in [4.78, 5) is 4.50. The molecule has 0 fully saturated rings. The predicted molar refractivity (Wildman–Crippen MR) is 72.7 cm³/mol. The first kappa shape index (κ1) is 13.5. The molecule has 0 saturated heterocycles. The Kier molecular flexibility index (Phi) is 3.85. The lowest BCUT2D eigenvalue weighted by Crippen LogP contribution is -2.07. The number of benzene rings is 1. The lowest BCUT2D eigenvalue weighted by atomic mass is 10.1. The van der Waals surface area contributed by atoms with E-state index in [1.165, 1.54) is 12.1 Å². The standard InChI is InChI=1S/C14H18FN3O/c1-9-17-12(8-16-2)14(18(9)3)11-7-10(15)5-6-13(11)19-4/h5-7,16H,8H2,1-4H3. The number of hydrogen-bond donors (Lipinski definition) is 1. The fourth-order valence-corrected chi connectivity index (χ4v) is 2.17. The molecule has 102 valence electrons. The van der Waals surface area contributed by atoms with Crippen LogP contribution in [0.1, 0.15) is 11.5 Å². The third-order valence-electron chi connectivity index (χ3n) is 3.15. The molecule has 0 aliphatic rings. The second kappa shape index (κ2) is 5.40. The van der Waals surface area contributed by atoms with E-state index in [2.05, 4.69) is 10.3 Å². The molecule has 2 rings (SSSR count). The molecule has 0 atom stereocenters. The van der Waals surface area contributed by atoms with Crippen molar-refractivity contribution in [3.05, 3.63) is 35.5 Å². The minimum absolute atomic E-state index is 0.287. The molecule has 1 heterocycles. The van der Waals surface area contributed by atoms with Gasteiger partial charge in [-0.3, -0.25) is 0 Å². The van der Waals surface area contributed by atoms with Gasteiger partial charge in [0.2, 0.25) is 0 Å². The summed E-state index contributed by atoms with van der Waals surface area (Å²) in [6.45, 7) is 2.55. The Balaban J connectivity index is 2.66. The van der Waals surface area contributed by atoms with Crippen LogP contribution in [-0.4, -0.2) is 23.7 Å². The highest BCUT2D eigenvalue weighted by atomic mass is 19.1. The molecule has 0 saturated carbocycles. The molecule has 0 unspecified atom stereocenters. The van der Waals surface area contributed by atoms with Crippen LogP contribution in [0.3, 0.4) is 0 Å². The Morgan fingerprint density at radius 2 is 2.16 bits per heavy atom. The van der Waals surface area contributed by atoms with Gasteiger partial charge in [-0.05, 0) is 32.2 Å². The number of ether oxygens (including phenoxy) is 1. The molecule has 0 aliphatic carbocycles. The van der Waals surface area contributed by atoms with E-state index < -0.39 is 0 Å². The Morgan fingerprint density at radius 3 is 2.79 bits per heavy atom. The van der Waals surface area contributed by atoms with Crippen LogP contribution in [0.4, 0.5) is 4.39 Å². The van der Waals surface area contributed by atoms with Crippen molar-refractivity contribution < 1.29 is 9.13 Å². The zero-order valence-corrected chi connectivity index (χ0v) is 11.6. The summed E-state index contributed by atoms with van der Waals surface area (Å²) in [6, 6.07) is 4.51. The maximum atomic E-state index is 13.5. The van der Waals surface area contributed by atoms with Gasteiger partial charge < -0.3 is 14.6 Å². The Labute approximate surface area is 112 Å². The van der Waals surface area contributed by atoms with Gasteiger partial charge in [0.1, 0.15) is 17.4 Å². The maximum absolute atomic E-state index is 13.5. The first-order chi connectivity index (χ1) is 9.08. The van der Waals surface area contributed by atoms with Crippen LogP contribution in [0.5, 0.6) is 5.75 Å². The monoisotopic (exact) mass is 263 g/mol. The number of hydrogen-bond acceptors (Lipinski definition) is 3. The average molecular weight is 263 g/mol. The van der Waals surface area contributed by atoms with E-state index in [0.29, 0.717) is 12.3 Å². The van der Waals surface area contributed by atoms with Crippen LogP contribution in [0.25, 0.3) is 11.3 Å². The van der Waals surface area contributed by atoms with Gasteiger partial charge in [0.15, 0.2) is 0 Å². The van der Waals surface area contributed by atoms with Crippen molar-refractivity contribution in [1.29, 1.82) is 0 Å². The third kappa shape index (κ3) is 2.46. The highest BCUT2D eigenvalue weighted by Gasteiger charge is 2.17. The lowest BCUT2D eigenvalue weighted by molar-refractivity contribution is 0.415. The summed E-state index contributed by atoms with van der Waals surface area (Å²) in [6.07, 6.45) is 0. The van der Waals surface area contributed by atoms with Gasteiger partial charge in [-0.1, -0.05) is 0 Å². The maximum Gasteiger partial charge on any atom is 0.128 e. The fourth-order valence-electron chi connectivity index (χ4n) is 2.17. The predicted octanol–water partition coefficient (Wildman–Crippen LogP) is 2.26. The van der Waals surface area contributed by atoms with Crippen molar-refractivity contribution in [3.63, 3.8) is 0 Å². The van der Waals surface area contributed by atoms with Crippen molar-refractivity contribution in [3.8, 4) is 17.0 Å². The molecular formula is C14H18FN3O. The number of halogens is 1. The van der Waals surface area contributed by atoms with Gasteiger partial charge in [-0.25, -0.2) is 9.37 Å². The van der Waals surface area contributed by atoms with Gasteiger partial charge in [-0.2, -0.15) is 0 Å². The summed E-state index contributed by atoms with van der Waals surface area (Å²) >= 11 is 0. The van der Waals surface area contributed by atoms with Crippen LogP contribution in [0.15, 0.2) is 18.2 Å². The Bertz CT molecular complexity index is 593. The zero-order valence-electron chi connectivity index (χ0n) is 11.6. The van der Waals surface area contributed by atoms with Crippen LogP contribution < -0.4 is 10.1 Å². The minimum Gasteiger partial charge on any atom is -0.496 e. The van der Waals surface area contributed by atoms with Crippen LogP contribution in [0.2, 0.25) is 0 Å².